The fourth-order valence-corrected chi connectivity index (χ4v) is 2.68. The molecule has 0 fully saturated rings. The molecule has 124 valence electrons. The molecule has 0 spiro atoms. The number of rotatable bonds is 3. The standard InChI is InChI=1S/C18H16FNO4/c1-18(2)17(23)20(10-11-4-3-5-13(19)8-11)14-7-6-12(16(21)22)9-15(14)24-18/h3-9H,10H2,1-2H3,(H,21,22). The second-order valence-electron chi connectivity index (χ2n) is 6.12. The molecule has 0 saturated carbocycles. The number of carboxylic acid groups (broad SMARTS) is 1. The highest BCUT2D eigenvalue weighted by Gasteiger charge is 2.41. The fraction of sp³-hybridized carbons (Fsp3) is 0.222. The van der Waals surface area contributed by atoms with E-state index in [4.69, 9.17) is 9.84 Å². The number of aromatic carboxylic acids is 1. The van der Waals surface area contributed by atoms with Gasteiger partial charge in [0.2, 0.25) is 0 Å². The number of carboxylic acids is 1. The minimum absolute atomic E-state index is 0.0737. The number of ether oxygens (including phenoxy) is 1. The number of anilines is 1. The molecule has 3 rings (SSSR count). The molecule has 0 unspecified atom stereocenters. The summed E-state index contributed by atoms with van der Waals surface area (Å²) in [6, 6.07) is 10.3. The van der Waals surface area contributed by atoms with Crippen LogP contribution in [-0.4, -0.2) is 22.6 Å². The predicted octanol–water partition coefficient (Wildman–Crippen LogP) is 3.23. The van der Waals surface area contributed by atoms with Gasteiger partial charge < -0.3 is 14.7 Å². The van der Waals surface area contributed by atoms with Gasteiger partial charge in [0, 0.05) is 0 Å². The van der Waals surface area contributed by atoms with Crippen LogP contribution in [-0.2, 0) is 11.3 Å². The monoisotopic (exact) mass is 329 g/mol. The fourth-order valence-electron chi connectivity index (χ4n) is 2.68. The molecule has 1 aliphatic heterocycles. The van der Waals surface area contributed by atoms with Gasteiger partial charge in [-0.15, -0.1) is 0 Å². The first-order valence-corrected chi connectivity index (χ1v) is 7.41. The van der Waals surface area contributed by atoms with E-state index >= 15 is 0 Å². The van der Waals surface area contributed by atoms with Crippen LogP contribution in [0.5, 0.6) is 5.75 Å². The van der Waals surface area contributed by atoms with Crippen molar-refractivity contribution < 1.29 is 23.8 Å². The van der Waals surface area contributed by atoms with Gasteiger partial charge in [-0.2, -0.15) is 0 Å². The molecule has 1 heterocycles. The van der Waals surface area contributed by atoms with Gasteiger partial charge >= 0.3 is 5.97 Å². The van der Waals surface area contributed by atoms with Gasteiger partial charge in [-0.25, -0.2) is 9.18 Å². The summed E-state index contributed by atoms with van der Waals surface area (Å²) >= 11 is 0. The van der Waals surface area contributed by atoms with Crippen molar-refractivity contribution in [3.8, 4) is 5.75 Å². The van der Waals surface area contributed by atoms with Crippen molar-refractivity contribution >= 4 is 17.6 Å². The van der Waals surface area contributed by atoms with Gasteiger partial charge in [0.1, 0.15) is 11.6 Å². The summed E-state index contributed by atoms with van der Waals surface area (Å²) in [5.74, 6) is -1.42. The third kappa shape index (κ3) is 2.82. The van der Waals surface area contributed by atoms with Gasteiger partial charge in [0.05, 0.1) is 17.8 Å². The molecule has 5 nitrogen and oxygen atoms in total. The van der Waals surface area contributed by atoms with E-state index in [2.05, 4.69) is 0 Å². The van der Waals surface area contributed by atoms with Gasteiger partial charge in [0.15, 0.2) is 5.60 Å². The summed E-state index contributed by atoms with van der Waals surface area (Å²) < 4.78 is 19.1. The van der Waals surface area contributed by atoms with Gasteiger partial charge in [-0.05, 0) is 49.7 Å². The number of fused-ring (bicyclic) bond motifs is 1. The molecule has 1 amide bonds. The molecule has 0 radical (unpaired) electrons. The summed E-state index contributed by atoms with van der Waals surface area (Å²) in [5.41, 5.74) is 0.0322. The summed E-state index contributed by atoms with van der Waals surface area (Å²) in [4.78, 5) is 25.3. The topological polar surface area (TPSA) is 66.8 Å². The van der Waals surface area contributed by atoms with Crippen LogP contribution in [0.1, 0.15) is 29.8 Å². The summed E-state index contributed by atoms with van der Waals surface area (Å²) in [7, 11) is 0. The third-order valence-corrected chi connectivity index (χ3v) is 3.85. The predicted molar refractivity (Wildman–Crippen MR) is 85.7 cm³/mol. The van der Waals surface area contributed by atoms with Crippen LogP contribution < -0.4 is 9.64 Å². The van der Waals surface area contributed by atoms with Crippen LogP contribution in [0.25, 0.3) is 0 Å². The first-order valence-electron chi connectivity index (χ1n) is 7.41. The Labute approximate surface area is 138 Å². The zero-order valence-electron chi connectivity index (χ0n) is 13.2. The maximum Gasteiger partial charge on any atom is 0.335 e. The molecule has 0 bridgehead atoms. The van der Waals surface area contributed by atoms with Crippen LogP contribution >= 0.6 is 0 Å². The van der Waals surface area contributed by atoms with Crippen molar-refractivity contribution in [3.63, 3.8) is 0 Å². The van der Waals surface area contributed by atoms with Crippen LogP contribution in [0.3, 0.4) is 0 Å². The highest BCUT2D eigenvalue weighted by atomic mass is 19.1. The maximum atomic E-state index is 13.4. The van der Waals surface area contributed by atoms with E-state index in [9.17, 15) is 14.0 Å². The Kier molecular flexibility index (Phi) is 3.75. The smallest absolute Gasteiger partial charge is 0.335 e. The summed E-state index contributed by atoms with van der Waals surface area (Å²) in [6.45, 7) is 3.40. The number of carbonyl (C=O) groups is 2. The first kappa shape index (κ1) is 16.0. The normalized spacial score (nSPS) is 15.6. The highest BCUT2D eigenvalue weighted by molar-refractivity contribution is 6.03. The second kappa shape index (κ2) is 5.63. The lowest BCUT2D eigenvalue weighted by atomic mass is 10.0. The highest BCUT2D eigenvalue weighted by Crippen LogP contribution is 2.39. The number of carbonyl (C=O) groups excluding carboxylic acids is 1. The van der Waals surface area contributed by atoms with Crippen LogP contribution in [0.15, 0.2) is 42.5 Å². The zero-order chi connectivity index (χ0) is 17.5. The van der Waals surface area contributed by atoms with Crippen LogP contribution in [0.2, 0.25) is 0 Å². The lowest BCUT2D eigenvalue weighted by molar-refractivity contribution is -0.132. The van der Waals surface area contributed by atoms with E-state index in [0.717, 1.165) is 0 Å². The number of amides is 1. The van der Waals surface area contributed by atoms with Crippen molar-refractivity contribution in [2.75, 3.05) is 4.90 Å². The molecular weight excluding hydrogens is 313 g/mol. The Balaban J connectivity index is 2.05. The van der Waals surface area contributed by atoms with E-state index in [0.29, 0.717) is 17.0 Å². The molecule has 24 heavy (non-hydrogen) atoms. The molecule has 1 N–H and O–H groups in total. The number of benzene rings is 2. The molecule has 2 aromatic rings. The van der Waals surface area contributed by atoms with Gasteiger partial charge in [-0.1, -0.05) is 12.1 Å². The number of nitrogens with zero attached hydrogens (tertiary/aromatic N) is 1. The molecule has 0 atom stereocenters. The average Bonchev–Trinajstić information content (AvgIpc) is 2.51. The Bertz CT molecular complexity index is 832. The van der Waals surface area contributed by atoms with E-state index < -0.39 is 11.6 Å². The lowest BCUT2D eigenvalue weighted by Gasteiger charge is -2.39. The average molecular weight is 329 g/mol. The summed E-state index contributed by atoms with van der Waals surface area (Å²) in [6.07, 6.45) is 0. The van der Waals surface area contributed by atoms with Gasteiger partial charge in [-0.3, -0.25) is 4.79 Å². The zero-order valence-corrected chi connectivity index (χ0v) is 13.2. The Morgan fingerprint density at radius 1 is 1.25 bits per heavy atom. The van der Waals surface area contributed by atoms with Crippen LogP contribution in [0.4, 0.5) is 10.1 Å². The van der Waals surface area contributed by atoms with E-state index in [1.807, 2.05) is 0 Å². The lowest BCUT2D eigenvalue weighted by Crippen LogP contribution is -2.52. The van der Waals surface area contributed by atoms with Crippen molar-refractivity contribution in [1.82, 2.24) is 0 Å². The van der Waals surface area contributed by atoms with E-state index in [-0.39, 0.29) is 23.8 Å². The minimum atomic E-state index is -1.14. The molecule has 0 aliphatic carbocycles. The quantitative estimate of drug-likeness (QED) is 0.939. The maximum absolute atomic E-state index is 13.4. The minimum Gasteiger partial charge on any atom is -0.478 e. The molecule has 2 aromatic carbocycles. The molecule has 1 aliphatic rings. The van der Waals surface area contributed by atoms with E-state index in [1.54, 1.807) is 26.0 Å². The van der Waals surface area contributed by atoms with Gasteiger partial charge in [0.25, 0.3) is 5.91 Å². The molecule has 0 aromatic heterocycles. The van der Waals surface area contributed by atoms with Crippen molar-refractivity contribution in [2.45, 2.75) is 26.0 Å². The SMILES string of the molecule is CC1(C)Oc2cc(C(=O)O)ccc2N(Cc2cccc(F)c2)C1=O. The first-order chi connectivity index (χ1) is 11.3. The number of hydrogen-bond donors (Lipinski definition) is 1. The number of hydrogen-bond acceptors (Lipinski definition) is 3. The number of halogens is 1. The van der Waals surface area contributed by atoms with Crippen molar-refractivity contribution in [1.29, 1.82) is 0 Å². The van der Waals surface area contributed by atoms with Crippen LogP contribution in [0, 0.1) is 5.82 Å². The molecular formula is C18H16FNO4. The Morgan fingerprint density at radius 2 is 2.00 bits per heavy atom. The van der Waals surface area contributed by atoms with Crippen molar-refractivity contribution in [3.05, 3.63) is 59.4 Å². The van der Waals surface area contributed by atoms with E-state index in [1.165, 1.54) is 35.2 Å². The second-order valence-corrected chi connectivity index (χ2v) is 6.12. The molecule has 6 heteroatoms. The Hall–Kier alpha value is -2.89. The third-order valence-electron chi connectivity index (χ3n) is 3.85. The summed E-state index contributed by atoms with van der Waals surface area (Å²) in [5, 5.41) is 9.12. The van der Waals surface area contributed by atoms with Crippen molar-refractivity contribution in [2.24, 2.45) is 0 Å². The largest absolute Gasteiger partial charge is 0.478 e. The molecule has 0 saturated heterocycles. The Morgan fingerprint density at radius 3 is 2.67 bits per heavy atom.